The Morgan fingerprint density at radius 2 is 1.77 bits per heavy atom. The number of nitrogens with one attached hydrogen (secondary N) is 1. The molecule has 3 rings (SSSR count). The molecule has 1 atom stereocenters. The molecule has 3 amide bonds. The summed E-state index contributed by atoms with van der Waals surface area (Å²) in [6, 6.07) is 14.0. The maximum absolute atomic E-state index is 12.8. The van der Waals surface area contributed by atoms with Crippen LogP contribution in [0.25, 0.3) is 0 Å². The predicted molar refractivity (Wildman–Crippen MR) is 94.5 cm³/mol. The number of Topliss-reactive ketones (excluding diaryl/α,β-unsaturated/α-hetero) is 1. The van der Waals surface area contributed by atoms with Crippen molar-refractivity contribution in [3.63, 3.8) is 0 Å². The maximum Gasteiger partial charge on any atom is 0.325 e. The monoisotopic (exact) mass is 367 g/mol. The average molecular weight is 368 g/mol. The van der Waals surface area contributed by atoms with Gasteiger partial charge in [0.2, 0.25) is 0 Å². The molecular formula is C19H14ClN3O3. The minimum Gasteiger partial charge on any atom is -0.319 e. The zero-order valence-electron chi connectivity index (χ0n) is 13.8. The van der Waals surface area contributed by atoms with Crippen LogP contribution in [0.3, 0.4) is 0 Å². The molecule has 0 aromatic heterocycles. The molecular weight excluding hydrogens is 354 g/mol. The first kappa shape index (κ1) is 17.6. The van der Waals surface area contributed by atoms with Gasteiger partial charge >= 0.3 is 6.03 Å². The Morgan fingerprint density at radius 1 is 1.15 bits per heavy atom. The second-order valence-corrected chi connectivity index (χ2v) is 6.50. The van der Waals surface area contributed by atoms with Crippen LogP contribution in [0.5, 0.6) is 0 Å². The molecule has 0 bridgehead atoms. The first-order valence-electron chi connectivity index (χ1n) is 7.78. The lowest BCUT2D eigenvalue weighted by Gasteiger charge is -2.22. The van der Waals surface area contributed by atoms with Gasteiger partial charge in [-0.1, -0.05) is 23.7 Å². The third kappa shape index (κ3) is 3.05. The molecule has 0 spiro atoms. The van der Waals surface area contributed by atoms with Crippen LogP contribution >= 0.6 is 11.6 Å². The molecule has 0 unspecified atom stereocenters. The highest BCUT2D eigenvalue weighted by molar-refractivity contribution is 6.30. The lowest BCUT2D eigenvalue weighted by molar-refractivity contribution is -0.130. The van der Waals surface area contributed by atoms with E-state index in [0.29, 0.717) is 21.7 Å². The van der Waals surface area contributed by atoms with Crippen molar-refractivity contribution in [3.8, 4) is 6.07 Å². The summed E-state index contributed by atoms with van der Waals surface area (Å²) in [5, 5.41) is 12.0. The molecule has 1 aliphatic rings. The van der Waals surface area contributed by atoms with Crippen molar-refractivity contribution >= 4 is 29.3 Å². The molecule has 1 heterocycles. The van der Waals surface area contributed by atoms with Crippen molar-refractivity contribution in [3.05, 3.63) is 70.2 Å². The minimum absolute atomic E-state index is 0.363. The molecule has 1 fully saturated rings. The van der Waals surface area contributed by atoms with Crippen molar-refractivity contribution in [1.82, 2.24) is 10.2 Å². The van der Waals surface area contributed by atoms with Gasteiger partial charge in [-0.3, -0.25) is 14.5 Å². The summed E-state index contributed by atoms with van der Waals surface area (Å²) >= 11 is 5.80. The Hall–Kier alpha value is -3.17. The smallest absolute Gasteiger partial charge is 0.319 e. The lowest BCUT2D eigenvalue weighted by Crippen LogP contribution is -2.41. The zero-order chi connectivity index (χ0) is 18.9. The van der Waals surface area contributed by atoms with E-state index in [1.807, 2.05) is 6.07 Å². The Morgan fingerprint density at radius 3 is 2.35 bits per heavy atom. The van der Waals surface area contributed by atoms with Gasteiger partial charge in [0.05, 0.1) is 18.2 Å². The van der Waals surface area contributed by atoms with Gasteiger partial charge < -0.3 is 5.32 Å². The van der Waals surface area contributed by atoms with Gasteiger partial charge in [-0.05, 0) is 48.9 Å². The van der Waals surface area contributed by atoms with Crippen LogP contribution < -0.4 is 5.32 Å². The first-order valence-corrected chi connectivity index (χ1v) is 8.16. The van der Waals surface area contributed by atoms with Gasteiger partial charge in [-0.2, -0.15) is 5.26 Å². The average Bonchev–Trinajstić information content (AvgIpc) is 2.86. The molecule has 0 radical (unpaired) electrons. The van der Waals surface area contributed by atoms with Crippen molar-refractivity contribution in [1.29, 1.82) is 5.26 Å². The topological polar surface area (TPSA) is 90.3 Å². The van der Waals surface area contributed by atoms with Crippen molar-refractivity contribution in [2.24, 2.45) is 0 Å². The SMILES string of the molecule is C[C@]1(c2ccc(C#N)cc2)NC(=O)N(CC(=O)c2ccc(Cl)cc2)C1=O. The third-order valence-electron chi connectivity index (χ3n) is 4.33. The molecule has 0 saturated carbocycles. The van der Waals surface area contributed by atoms with E-state index in [1.165, 1.54) is 0 Å². The number of carbonyl (C=O) groups excluding carboxylic acids is 3. The molecule has 2 aromatic carbocycles. The van der Waals surface area contributed by atoms with Crippen molar-refractivity contribution in [2.75, 3.05) is 6.54 Å². The quantitative estimate of drug-likeness (QED) is 0.664. The normalized spacial score (nSPS) is 19.2. The summed E-state index contributed by atoms with van der Waals surface area (Å²) in [6.45, 7) is 1.21. The van der Waals surface area contributed by atoms with Gasteiger partial charge in [0.25, 0.3) is 5.91 Å². The zero-order valence-corrected chi connectivity index (χ0v) is 14.6. The molecule has 1 aliphatic heterocycles. The van der Waals surface area contributed by atoms with E-state index < -0.39 is 17.5 Å². The van der Waals surface area contributed by atoms with E-state index >= 15 is 0 Å². The largest absolute Gasteiger partial charge is 0.325 e. The number of hydrogen-bond acceptors (Lipinski definition) is 4. The van der Waals surface area contributed by atoms with E-state index in [9.17, 15) is 14.4 Å². The highest BCUT2D eigenvalue weighted by Crippen LogP contribution is 2.29. The Balaban J connectivity index is 1.83. The number of amides is 3. The second kappa shape index (κ2) is 6.62. The van der Waals surface area contributed by atoms with Gasteiger partial charge in [-0.25, -0.2) is 4.79 Å². The number of benzene rings is 2. The van der Waals surface area contributed by atoms with Crippen LogP contribution in [-0.2, 0) is 10.3 Å². The summed E-state index contributed by atoms with van der Waals surface area (Å²) < 4.78 is 0. The number of urea groups is 1. The first-order chi connectivity index (χ1) is 12.3. The third-order valence-corrected chi connectivity index (χ3v) is 4.59. The number of carbonyl (C=O) groups is 3. The molecule has 7 heteroatoms. The molecule has 1 saturated heterocycles. The summed E-state index contributed by atoms with van der Waals surface area (Å²) in [7, 11) is 0. The summed E-state index contributed by atoms with van der Waals surface area (Å²) in [5.41, 5.74) is 0.0629. The van der Waals surface area contributed by atoms with Gasteiger partial charge in [0, 0.05) is 10.6 Å². The summed E-state index contributed by atoms with van der Waals surface area (Å²) in [5.74, 6) is -0.885. The molecule has 6 nitrogen and oxygen atoms in total. The van der Waals surface area contributed by atoms with Crippen LogP contribution in [-0.4, -0.2) is 29.2 Å². The number of hydrogen-bond donors (Lipinski definition) is 1. The highest BCUT2D eigenvalue weighted by Gasteiger charge is 2.49. The Bertz CT molecular complexity index is 932. The Kier molecular flexibility index (Phi) is 4.49. The van der Waals surface area contributed by atoms with Crippen LogP contribution in [0.2, 0.25) is 5.02 Å². The van der Waals surface area contributed by atoms with Gasteiger partial charge in [0.15, 0.2) is 5.78 Å². The van der Waals surface area contributed by atoms with Crippen molar-refractivity contribution in [2.45, 2.75) is 12.5 Å². The highest BCUT2D eigenvalue weighted by atomic mass is 35.5. The van der Waals surface area contributed by atoms with E-state index in [1.54, 1.807) is 55.5 Å². The fourth-order valence-electron chi connectivity index (χ4n) is 2.78. The number of imide groups is 1. The molecule has 2 aromatic rings. The fraction of sp³-hybridized carbons (Fsp3) is 0.158. The number of halogens is 1. The molecule has 130 valence electrons. The van der Waals surface area contributed by atoms with Crippen LogP contribution in [0.15, 0.2) is 48.5 Å². The minimum atomic E-state index is -1.29. The number of rotatable bonds is 4. The predicted octanol–water partition coefficient (Wildman–Crippen LogP) is 2.86. The van der Waals surface area contributed by atoms with Crippen LogP contribution in [0.4, 0.5) is 4.79 Å². The summed E-state index contributed by atoms with van der Waals surface area (Å²) in [6.07, 6.45) is 0. The van der Waals surface area contributed by atoms with Crippen LogP contribution in [0.1, 0.15) is 28.4 Å². The lowest BCUT2D eigenvalue weighted by atomic mass is 9.91. The number of ketones is 1. The Labute approximate surface area is 155 Å². The maximum atomic E-state index is 12.8. The number of nitriles is 1. The van der Waals surface area contributed by atoms with E-state index in [2.05, 4.69) is 5.32 Å². The summed E-state index contributed by atoms with van der Waals surface area (Å²) in [4.78, 5) is 38.4. The molecule has 0 aliphatic carbocycles. The fourth-order valence-corrected chi connectivity index (χ4v) is 2.91. The van der Waals surface area contributed by atoms with Gasteiger partial charge in [-0.15, -0.1) is 0 Å². The van der Waals surface area contributed by atoms with Crippen LogP contribution in [0, 0.1) is 11.3 Å². The van der Waals surface area contributed by atoms with E-state index in [4.69, 9.17) is 16.9 Å². The molecule has 1 N–H and O–H groups in total. The standard InChI is InChI=1S/C19H14ClN3O3/c1-19(14-6-2-12(10-21)3-7-14)17(25)23(18(26)22-19)11-16(24)13-4-8-15(20)9-5-13/h2-9H,11H2,1H3,(H,22,26)/t19-/m1/s1. The van der Waals surface area contributed by atoms with Crippen molar-refractivity contribution < 1.29 is 14.4 Å². The van der Waals surface area contributed by atoms with E-state index in [0.717, 1.165) is 4.90 Å². The number of nitrogens with zero attached hydrogens (tertiary/aromatic N) is 2. The molecule has 26 heavy (non-hydrogen) atoms. The second-order valence-electron chi connectivity index (χ2n) is 6.07. The van der Waals surface area contributed by atoms with E-state index in [-0.39, 0.29) is 12.3 Å². The van der Waals surface area contributed by atoms with Gasteiger partial charge in [0.1, 0.15) is 5.54 Å².